The highest BCUT2D eigenvalue weighted by Crippen LogP contribution is 2.28. The molecule has 1 aromatic heterocycles. The minimum Gasteiger partial charge on any atom is -0.319 e. The number of rotatable bonds is 4. The number of hydrogen-bond acceptors (Lipinski definition) is 3. The number of aryl methyl sites for hydroxylation is 1. The average molecular weight is 235 g/mol. The van der Waals surface area contributed by atoms with Gasteiger partial charge in [-0.2, -0.15) is 5.10 Å². The van der Waals surface area contributed by atoms with E-state index >= 15 is 0 Å². The number of aromatic nitrogens is 2. The third-order valence-corrected chi connectivity index (χ3v) is 3.55. The van der Waals surface area contributed by atoms with Gasteiger partial charge < -0.3 is 5.73 Å². The Morgan fingerprint density at radius 1 is 1.47 bits per heavy atom. The maximum atomic E-state index is 12.4. The zero-order valence-electron chi connectivity index (χ0n) is 10.5. The molecule has 1 fully saturated rings. The summed E-state index contributed by atoms with van der Waals surface area (Å²) in [7, 11) is 0. The molecule has 1 aliphatic rings. The first-order valence-corrected chi connectivity index (χ1v) is 6.52. The van der Waals surface area contributed by atoms with Gasteiger partial charge in [0.25, 0.3) is 0 Å². The highest BCUT2D eigenvalue weighted by atomic mass is 16.1. The quantitative estimate of drug-likeness (QED) is 0.813. The zero-order valence-corrected chi connectivity index (χ0v) is 10.5. The van der Waals surface area contributed by atoms with Crippen molar-refractivity contribution >= 4 is 5.78 Å². The molecule has 0 saturated heterocycles. The fourth-order valence-electron chi connectivity index (χ4n) is 2.53. The summed E-state index contributed by atoms with van der Waals surface area (Å²) >= 11 is 0. The molecule has 1 aromatic rings. The van der Waals surface area contributed by atoms with E-state index in [0.29, 0.717) is 5.56 Å². The largest absolute Gasteiger partial charge is 0.319 e. The lowest BCUT2D eigenvalue weighted by Crippen LogP contribution is -2.49. The summed E-state index contributed by atoms with van der Waals surface area (Å²) in [6.07, 6.45) is 9.44. The lowest BCUT2D eigenvalue weighted by Gasteiger charge is -2.31. The van der Waals surface area contributed by atoms with Gasteiger partial charge in [-0.25, -0.2) is 0 Å². The van der Waals surface area contributed by atoms with Crippen LogP contribution in [0.3, 0.4) is 0 Å². The van der Waals surface area contributed by atoms with Crippen molar-refractivity contribution in [3.63, 3.8) is 0 Å². The molecule has 94 valence electrons. The summed E-state index contributed by atoms with van der Waals surface area (Å²) in [5.41, 5.74) is 6.26. The smallest absolute Gasteiger partial charge is 0.185 e. The lowest BCUT2D eigenvalue weighted by atomic mass is 9.78. The number of carbonyl (C=O) groups is 1. The Balaban J connectivity index is 2.12. The van der Waals surface area contributed by atoms with Crippen LogP contribution in [-0.4, -0.2) is 21.1 Å². The summed E-state index contributed by atoms with van der Waals surface area (Å²) in [6, 6.07) is 0. The van der Waals surface area contributed by atoms with E-state index in [1.54, 1.807) is 6.20 Å². The first-order chi connectivity index (χ1) is 8.15. The van der Waals surface area contributed by atoms with Crippen molar-refractivity contribution in [3.05, 3.63) is 18.0 Å². The number of nitrogens with zero attached hydrogens (tertiary/aromatic N) is 2. The van der Waals surface area contributed by atoms with Crippen molar-refractivity contribution in [1.82, 2.24) is 9.78 Å². The van der Waals surface area contributed by atoms with Crippen LogP contribution in [0.15, 0.2) is 12.4 Å². The minimum absolute atomic E-state index is 0.0690. The van der Waals surface area contributed by atoms with E-state index in [4.69, 9.17) is 5.73 Å². The molecule has 2 rings (SSSR count). The van der Waals surface area contributed by atoms with Gasteiger partial charge in [0.05, 0.1) is 17.3 Å². The van der Waals surface area contributed by atoms with Gasteiger partial charge in [-0.05, 0) is 19.3 Å². The SMILES string of the molecule is CCCn1cc(C(=O)C2(N)CCCCC2)cn1. The number of Topliss-reactive ketones (excluding diaryl/α,β-unsaturated/α-hetero) is 1. The van der Waals surface area contributed by atoms with Crippen molar-refractivity contribution in [2.75, 3.05) is 0 Å². The van der Waals surface area contributed by atoms with Gasteiger partial charge >= 0.3 is 0 Å². The fraction of sp³-hybridized carbons (Fsp3) is 0.692. The van der Waals surface area contributed by atoms with Crippen molar-refractivity contribution < 1.29 is 4.79 Å². The van der Waals surface area contributed by atoms with E-state index in [1.807, 2.05) is 10.9 Å². The Hall–Kier alpha value is -1.16. The van der Waals surface area contributed by atoms with Crippen LogP contribution in [-0.2, 0) is 6.54 Å². The van der Waals surface area contributed by atoms with Crippen LogP contribution >= 0.6 is 0 Å². The Morgan fingerprint density at radius 2 is 2.18 bits per heavy atom. The molecule has 1 saturated carbocycles. The lowest BCUT2D eigenvalue weighted by molar-refractivity contribution is 0.0848. The first-order valence-electron chi connectivity index (χ1n) is 6.52. The van der Waals surface area contributed by atoms with E-state index < -0.39 is 5.54 Å². The van der Waals surface area contributed by atoms with Gasteiger partial charge in [-0.15, -0.1) is 0 Å². The Morgan fingerprint density at radius 3 is 2.82 bits per heavy atom. The van der Waals surface area contributed by atoms with Crippen molar-refractivity contribution in [2.45, 2.75) is 57.5 Å². The van der Waals surface area contributed by atoms with Crippen LogP contribution in [0.2, 0.25) is 0 Å². The van der Waals surface area contributed by atoms with E-state index in [9.17, 15) is 4.79 Å². The molecular formula is C13H21N3O. The predicted molar refractivity (Wildman–Crippen MR) is 66.9 cm³/mol. The molecule has 0 radical (unpaired) electrons. The molecule has 1 heterocycles. The number of nitrogens with two attached hydrogens (primary N) is 1. The average Bonchev–Trinajstić information content (AvgIpc) is 2.78. The monoisotopic (exact) mass is 235 g/mol. The zero-order chi connectivity index (χ0) is 12.3. The van der Waals surface area contributed by atoms with Gasteiger partial charge in [-0.1, -0.05) is 26.2 Å². The fourth-order valence-corrected chi connectivity index (χ4v) is 2.53. The van der Waals surface area contributed by atoms with Gasteiger partial charge in [0.15, 0.2) is 5.78 Å². The normalized spacial score (nSPS) is 19.2. The maximum Gasteiger partial charge on any atom is 0.185 e. The Labute approximate surface area is 102 Å². The second-order valence-corrected chi connectivity index (χ2v) is 5.04. The van der Waals surface area contributed by atoms with Crippen LogP contribution in [0.5, 0.6) is 0 Å². The molecule has 4 heteroatoms. The molecule has 2 N–H and O–H groups in total. The van der Waals surface area contributed by atoms with Crippen LogP contribution in [0.4, 0.5) is 0 Å². The van der Waals surface area contributed by atoms with Crippen molar-refractivity contribution in [3.8, 4) is 0 Å². The van der Waals surface area contributed by atoms with E-state index in [1.165, 1.54) is 6.42 Å². The molecule has 0 atom stereocenters. The van der Waals surface area contributed by atoms with E-state index in [-0.39, 0.29) is 5.78 Å². The summed E-state index contributed by atoms with van der Waals surface area (Å²) in [4.78, 5) is 12.4. The van der Waals surface area contributed by atoms with Crippen LogP contribution in [0, 0.1) is 0 Å². The highest BCUT2D eigenvalue weighted by Gasteiger charge is 2.36. The maximum absolute atomic E-state index is 12.4. The molecular weight excluding hydrogens is 214 g/mol. The number of ketones is 1. The van der Waals surface area contributed by atoms with Crippen LogP contribution < -0.4 is 5.73 Å². The second-order valence-electron chi connectivity index (χ2n) is 5.04. The summed E-state index contributed by atoms with van der Waals surface area (Å²) in [5.74, 6) is 0.0690. The molecule has 0 unspecified atom stereocenters. The second kappa shape index (κ2) is 5.00. The minimum atomic E-state index is -0.641. The molecule has 17 heavy (non-hydrogen) atoms. The van der Waals surface area contributed by atoms with E-state index in [0.717, 1.165) is 38.6 Å². The molecule has 0 spiro atoms. The topological polar surface area (TPSA) is 60.9 Å². The Kier molecular flexibility index (Phi) is 3.62. The van der Waals surface area contributed by atoms with Gasteiger partial charge in [0.1, 0.15) is 0 Å². The molecule has 0 aromatic carbocycles. The molecule has 0 amide bonds. The standard InChI is InChI=1S/C13H21N3O/c1-2-8-16-10-11(9-15-16)12(17)13(14)6-4-3-5-7-13/h9-10H,2-8,14H2,1H3. The summed E-state index contributed by atoms with van der Waals surface area (Å²) < 4.78 is 1.82. The predicted octanol–water partition coefficient (Wildman–Crippen LogP) is 2.14. The Bertz CT molecular complexity index is 391. The van der Waals surface area contributed by atoms with Crippen LogP contribution in [0.1, 0.15) is 55.8 Å². The van der Waals surface area contributed by atoms with Crippen molar-refractivity contribution in [1.29, 1.82) is 0 Å². The third-order valence-electron chi connectivity index (χ3n) is 3.55. The molecule has 0 aliphatic heterocycles. The van der Waals surface area contributed by atoms with E-state index in [2.05, 4.69) is 12.0 Å². The van der Waals surface area contributed by atoms with Crippen LogP contribution in [0.25, 0.3) is 0 Å². The molecule has 0 bridgehead atoms. The van der Waals surface area contributed by atoms with Gasteiger partial charge in [0, 0.05) is 12.7 Å². The third kappa shape index (κ3) is 2.57. The highest BCUT2D eigenvalue weighted by molar-refractivity contribution is 6.02. The van der Waals surface area contributed by atoms with Gasteiger partial charge in [-0.3, -0.25) is 9.48 Å². The summed E-state index contributed by atoms with van der Waals surface area (Å²) in [6.45, 7) is 2.94. The van der Waals surface area contributed by atoms with Crippen molar-refractivity contribution in [2.24, 2.45) is 5.73 Å². The first kappa shape index (κ1) is 12.3. The molecule has 1 aliphatic carbocycles. The number of carbonyl (C=O) groups excluding carboxylic acids is 1. The van der Waals surface area contributed by atoms with Gasteiger partial charge in [0.2, 0.25) is 0 Å². The molecule has 4 nitrogen and oxygen atoms in total. The number of hydrogen-bond donors (Lipinski definition) is 1. The summed E-state index contributed by atoms with van der Waals surface area (Å²) in [5, 5.41) is 4.19.